The average Bonchev–Trinajstić information content (AvgIpc) is 3.80. The summed E-state index contributed by atoms with van der Waals surface area (Å²) in [5.41, 5.74) is 4.09. The number of nitrogens with zero attached hydrogens (tertiary/aromatic N) is 3. The Bertz CT molecular complexity index is 1560. The minimum Gasteiger partial charge on any atom is -0.543 e. The Kier molecular flexibility index (Phi) is 11.4. The molecule has 3 N–H and O–H groups in total. The van der Waals surface area contributed by atoms with Crippen LogP contribution in [0.25, 0.3) is 33.4 Å². The van der Waals surface area contributed by atoms with Gasteiger partial charge in [0.25, 0.3) is 0 Å². The third-order valence-electron chi connectivity index (χ3n) is 5.78. The van der Waals surface area contributed by atoms with Crippen molar-refractivity contribution in [3.8, 4) is 33.4 Å². The molecule has 0 unspecified atom stereocenters. The Hall–Kier alpha value is -5.65. The summed E-state index contributed by atoms with van der Waals surface area (Å²) in [5.74, 6) is -3.75. The molecule has 0 aliphatic rings. The van der Waals surface area contributed by atoms with Crippen LogP contribution in [-0.4, -0.2) is 48.5 Å². The van der Waals surface area contributed by atoms with E-state index in [1.54, 1.807) is 0 Å². The fourth-order valence-corrected chi connectivity index (χ4v) is 3.84. The Balaban J connectivity index is 0.000000175. The molecule has 0 saturated carbocycles. The number of carbonyl (C=O) groups is 3. The van der Waals surface area contributed by atoms with Gasteiger partial charge in [-0.3, -0.25) is 15.3 Å². The zero-order valence-corrected chi connectivity index (χ0v) is 24.4. The SMILES string of the molecule is O=C([O-])c1[nH]ncc1-c1ccccc1.O=C([O-])c1[nH]ncc1-c1ccccc1.O=C([O-])c1[nH]ncc1-c1ccccc1.[Ir+3]. The number of nitrogens with one attached hydrogen (secondary N) is 3. The van der Waals surface area contributed by atoms with Crippen LogP contribution in [0.5, 0.6) is 0 Å². The van der Waals surface area contributed by atoms with Crippen molar-refractivity contribution in [3.05, 3.63) is 127 Å². The first kappa shape index (κ1) is 31.9. The van der Waals surface area contributed by atoms with Crippen molar-refractivity contribution in [3.63, 3.8) is 0 Å². The van der Waals surface area contributed by atoms with E-state index in [2.05, 4.69) is 30.6 Å². The van der Waals surface area contributed by atoms with E-state index >= 15 is 0 Å². The standard InChI is InChI=1S/3C10H8N2O2.Ir/c3*13-10(14)9-8(6-11-12-9)7-4-2-1-3-5-7;/h3*1-6H,(H,11,12)(H,13,14);/q;;;+3/p-3. The van der Waals surface area contributed by atoms with Gasteiger partial charge in [-0.1, -0.05) is 91.0 Å². The van der Waals surface area contributed by atoms with Crippen molar-refractivity contribution in [2.24, 2.45) is 0 Å². The molecule has 0 aliphatic carbocycles. The van der Waals surface area contributed by atoms with Crippen LogP contribution in [0.1, 0.15) is 31.5 Å². The number of hydrogen-bond donors (Lipinski definition) is 3. The predicted molar refractivity (Wildman–Crippen MR) is 145 cm³/mol. The number of carboxylic acid groups (broad SMARTS) is 3. The largest absolute Gasteiger partial charge is 3.00 e. The molecule has 3 aromatic carbocycles. The Morgan fingerprint density at radius 1 is 0.442 bits per heavy atom. The molecule has 0 radical (unpaired) electrons. The predicted octanol–water partition coefficient (Wildman–Crippen LogP) is 1.32. The molecule has 6 rings (SSSR count). The monoisotopic (exact) mass is 754 g/mol. The summed E-state index contributed by atoms with van der Waals surface area (Å²) in [6.07, 6.45) is 4.42. The molecular formula is C30H21IrN6O6. The van der Waals surface area contributed by atoms with Gasteiger partial charge in [-0.25, -0.2) is 0 Å². The molecule has 0 atom stereocenters. The summed E-state index contributed by atoms with van der Waals surface area (Å²) < 4.78 is 0. The number of aromatic amines is 3. The van der Waals surface area contributed by atoms with Gasteiger partial charge in [0, 0.05) is 16.7 Å². The van der Waals surface area contributed by atoms with Crippen LogP contribution in [0.2, 0.25) is 0 Å². The summed E-state index contributed by atoms with van der Waals surface area (Å²) in [5, 5.41) is 50.2. The van der Waals surface area contributed by atoms with E-state index in [-0.39, 0.29) is 37.2 Å². The zero-order valence-electron chi connectivity index (χ0n) is 22.0. The molecule has 43 heavy (non-hydrogen) atoms. The summed E-state index contributed by atoms with van der Waals surface area (Å²) in [4.78, 5) is 32.0. The maximum Gasteiger partial charge on any atom is 3.00 e. The second kappa shape index (κ2) is 15.4. The maximum absolute atomic E-state index is 10.7. The van der Waals surface area contributed by atoms with Crippen LogP contribution in [0.4, 0.5) is 0 Å². The second-order valence-electron chi connectivity index (χ2n) is 8.44. The molecule has 0 fully saturated rings. The molecule has 0 aliphatic heterocycles. The van der Waals surface area contributed by atoms with Gasteiger partial charge in [-0.05, 0) is 16.7 Å². The van der Waals surface area contributed by atoms with Crippen LogP contribution < -0.4 is 15.3 Å². The van der Waals surface area contributed by atoms with Gasteiger partial charge in [0.1, 0.15) is 0 Å². The number of benzene rings is 3. The summed E-state index contributed by atoms with van der Waals surface area (Å²) >= 11 is 0. The first-order valence-electron chi connectivity index (χ1n) is 12.3. The topological polar surface area (TPSA) is 206 Å². The second-order valence-corrected chi connectivity index (χ2v) is 8.44. The van der Waals surface area contributed by atoms with Crippen LogP contribution in [0, 0.1) is 0 Å². The van der Waals surface area contributed by atoms with Gasteiger partial charge in [0.05, 0.1) is 53.6 Å². The van der Waals surface area contributed by atoms with Gasteiger partial charge in [0.2, 0.25) is 0 Å². The number of H-pyrrole nitrogens is 3. The number of carboxylic acids is 3. The minimum atomic E-state index is -1.25. The fraction of sp³-hybridized carbons (Fsp3) is 0. The number of hydrogen-bond acceptors (Lipinski definition) is 9. The molecule has 0 amide bonds. The van der Waals surface area contributed by atoms with Crippen molar-refractivity contribution < 1.29 is 49.8 Å². The average molecular weight is 754 g/mol. The van der Waals surface area contributed by atoms with Crippen LogP contribution >= 0.6 is 0 Å². The number of aromatic carboxylic acids is 3. The molecule has 3 heterocycles. The third kappa shape index (κ3) is 8.19. The quantitative estimate of drug-likeness (QED) is 0.224. The molecular weight excluding hydrogens is 733 g/mol. The van der Waals surface area contributed by atoms with Gasteiger partial charge in [-0.2, -0.15) is 15.3 Å². The van der Waals surface area contributed by atoms with E-state index in [0.29, 0.717) is 16.7 Å². The third-order valence-corrected chi connectivity index (χ3v) is 5.78. The molecule has 6 aromatic rings. The van der Waals surface area contributed by atoms with E-state index in [4.69, 9.17) is 0 Å². The Morgan fingerprint density at radius 2 is 0.674 bits per heavy atom. The molecule has 3 aromatic heterocycles. The zero-order chi connectivity index (χ0) is 29.9. The van der Waals surface area contributed by atoms with Crippen molar-refractivity contribution in [1.29, 1.82) is 0 Å². The summed E-state index contributed by atoms with van der Waals surface area (Å²) in [6, 6.07) is 27.5. The van der Waals surface area contributed by atoms with Crippen molar-refractivity contribution in [2.45, 2.75) is 0 Å². The maximum atomic E-state index is 10.7. The Morgan fingerprint density at radius 3 is 0.884 bits per heavy atom. The summed E-state index contributed by atoms with van der Waals surface area (Å²) in [7, 11) is 0. The first-order valence-corrected chi connectivity index (χ1v) is 12.3. The van der Waals surface area contributed by atoms with Crippen molar-refractivity contribution >= 4 is 17.9 Å². The van der Waals surface area contributed by atoms with Gasteiger partial charge < -0.3 is 29.7 Å². The van der Waals surface area contributed by atoms with E-state index in [1.165, 1.54) is 18.6 Å². The molecule has 0 bridgehead atoms. The fourth-order valence-electron chi connectivity index (χ4n) is 3.84. The van der Waals surface area contributed by atoms with E-state index < -0.39 is 17.9 Å². The summed E-state index contributed by atoms with van der Waals surface area (Å²) in [6.45, 7) is 0. The number of rotatable bonds is 6. The van der Waals surface area contributed by atoms with Gasteiger partial charge in [-0.15, -0.1) is 0 Å². The van der Waals surface area contributed by atoms with Crippen molar-refractivity contribution in [1.82, 2.24) is 30.6 Å². The molecule has 13 heteroatoms. The van der Waals surface area contributed by atoms with Gasteiger partial charge >= 0.3 is 20.1 Å². The molecule has 0 saturated heterocycles. The molecule has 12 nitrogen and oxygen atoms in total. The minimum absolute atomic E-state index is 0. The number of aromatic nitrogens is 6. The van der Waals surface area contributed by atoms with Gasteiger partial charge in [0.15, 0.2) is 0 Å². The first-order chi connectivity index (χ1) is 20.4. The Labute approximate surface area is 257 Å². The molecule has 0 spiro atoms. The van der Waals surface area contributed by atoms with Crippen LogP contribution in [0.15, 0.2) is 110 Å². The van der Waals surface area contributed by atoms with Crippen molar-refractivity contribution in [2.75, 3.05) is 0 Å². The normalized spacial score (nSPS) is 9.77. The molecule has 216 valence electrons. The van der Waals surface area contributed by atoms with E-state index in [0.717, 1.165) is 16.7 Å². The van der Waals surface area contributed by atoms with Crippen LogP contribution in [-0.2, 0) is 20.1 Å². The van der Waals surface area contributed by atoms with Crippen LogP contribution in [0.3, 0.4) is 0 Å². The number of carbonyl (C=O) groups excluding carboxylic acids is 3. The van der Waals surface area contributed by atoms with E-state index in [1.807, 2.05) is 91.0 Å². The smallest absolute Gasteiger partial charge is 0.543 e. The van der Waals surface area contributed by atoms with E-state index in [9.17, 15) is 29.7 Å².